The number of amides is 1. The third-order valence-corrected chi connectivity index (χ3v) is 7.41. The van der Waals surface area contributed by atoms with Crippen molar-refractivity contribution in [3.05, 3.63) is 36.5 Å². The topological polar surface area (TPSA) is 63.5 Å². The number of carbonyl (C=O) groups excluding carboxylic acids is 1. The van der Waals surface area contributed by atoms with E-state index < -0.39 is 10.5 Å². The molecule has 0 fully saturated rings. The van der Waals surface area contributed by atoms with E-state index in [9.17, 15) is 14.9 Å². The molecule has 0 atom stereocenters. The van der Waals surface area contributed by atoms with Gasteiger partial charge in [0.15, 0.2) is 0 Å². The van der Waals surface area contributed by atoms with Crippen molar-refractivity contribution in [2.45, 2.75) is 33.2 Å². The van der Waals surface area contributed by atoms with Crippen molar-refractivity contribution in [2.75, 3.05) is 4.90 Å². The second-order valence-electron chi connectivity index (χ2n) is 5.98. The number of benzene rings is 1. The zero-order valence-electron chi connectivity index (χ0n) is 13.0. The van der Waals surface area contributed by atoms with E-state index in [1.54, 1.807) is 24.0 Å². The van der Waals surface area contributed by atoms with Crippen molar-refractivity contribution in [3.8, 4) is 11.1 Å². The average Bonchev–Trinajstić information content (AvgIpc) is 2.80. The summed E-state index contributed by atoms with van der Waals surface area (Å²) in [6, 6.07) is 3.26. The fourth-order valence-corrected chi connectivity index (χ4v) is 6.41. The van der Waals surface area contributed by atoms with Crippen LogP contribution in [0.15, 0.2) is 12.1 Å². The van der Waals surface area contributed by atoms with Crippen LogP contribution in [0.3, 0.4) is 0 Å². The Morgan fingerprint density at radius 2 is 2.00 bits per heavy atom. The molecule has 2 heterocycles. The standard InChI is InChI=1S/C15H14N2O3S3/c1-7-5-11-9(6-10(7)17(19)20)12-13(22-23-14(12)21)15(3,4)16(11)8(2)18/h5-6H,1-4H3. The van der Waals surface area contributed by atoms with E-state index >= 15 is 0 Å². The second kappa shape index (κ2) is 5.19. The molecule has 2 aromatic rings. The van der Waals surface area contributed by atoms with Gasteiger partial charge in [-0.05, 0) is 26.8 Å². The summed E-state index contributed by atoms with van der Waals surface area (Å²) in [5, 5.41) is 11.3. The van der Waals surface area contributed by atoms with Gasteiger partial charge in [0.2, 0.25) is 5.91 Å². The van der Waals surface area contributed by atoms with E-state index in [0.29, 0.717) is 20.6 Å². The Morgan fingerprint density at radius 3 is 2.57 bits per heavy atom. The summed E-state index contributed by atoms with van der Waals surface area (Å²) in [6.45, 7) is 7.15. The smallest absolute Gasteiger partial charge is 0.273 e. The lowest BCUT2D eigenvalue weighted by atomic mass is 9.86. The third-order valence-electron chi connectivity index (χ3n) is 4.08. The third kappa shape index (κ3) is 2.24. The first-order chi connectivity index (χ1) is 10.7. The summed E-state index contributed by atoms with van der Waals surface area (Å²) in [7, 11) is 3.00. The van der Waals surface area contributed by atoms with Crippen LogP contribution >= 0.6 is 32.9 Å². The number of nitro groups is 1. The number of nitro benzene ring substituents is 1. The van der Waals surface area contributed by atoms with Crippen LogP contribution < -0.4 is 4.90 Å². The zero-order chi connectivity index (χ0) is 17.1. The Bertz CT molecular complexity index is 911. The normalized spacial score (nSPS) is 15.0. The molecule has 1 amide bonds. The molecule has 0 aliphatic carbocycles. The molecule has 120 valence electrons. The number of hydrogen-bond donors (Lipinski definition) is 0. The minimum absolute atomic E-state index is 0.0449. The average molecular weight is 366 g/mol. The lowest BCUT2D eigenvalue weighted by molar-refractivity contribution is -0.385. The molecule has 5 nitrogen and oxygen atoms in total. The van der Waals surface area contributed by atoms with Gasteiger partial charge in [0.25, 0.3) is 5.69 Å². The fraction of sp³-hybridized carbons (Fsp3) is 0.333. The molecule has 8 heteroatoms. The molecule has 0 radical (unpaired) electrons. The summed E-state index contributed by atoms with van der Waals surface area (Å²) in [4.78, 5) is 25.9. The highest BCUT2D eigenvalue weighted by atomic mass is 32.9. The molecule has 1 aromatic carbocycles. The Labute approximate surface area is 145 Å². The summed E-state index contributed by atoms with van der Waals surface area (Å²) in [6.07, 6.45) is 0. The molecule has 0 saturated heterocycles. The first-order valence-electron chi connectivity index (χ1n) is 6.90. The molecule has 1 aliphatic heterocycles. The summed E-state index contributed by atoms with van der Waals surface area (Å²) < 4.78 is 0.709. The molecule has 0 spiro atoms. The van der Waals surface area contributed by atoms with Crippen molar-refractivity contribution in [3.63, 3.8) is 0 Å². The van der Waals surface area contributed by atoms with Gasteiger partial charge in [-0.3, -0.25) is 14.9 Å². The van der Waals surface area contributed by atoms with Gasteiger partial charge in [-0.1, -0.05) is 32.9 Å². The highest BCUT2D eigenvalue weighted by Crippen LogP contribution is 2.53. The monoisotopic (exact) mass is 366 g/mol. The maximum absolute atomic E-state index is 12.3. The van der Waals surface area contributed by atoms with Crippen LogP contribution in [-0.4, -0.2) is 10.8 Å². The van der Waals surface area contributed by atoms with Crippen LogP contribution in [0, 0.1) is 20.9 Å². The first kappa shape index (κ1) is 16.2. The number of anilines is 1. The molecule has 1 aliphatic rings. The van der Waals surface area contributed by atoms with Crippen LogP contribution in [0.1, 0.15) is 31.2 Å². The molecular weight excluding hydrogens is 352 g/mol. The van der Waals surface area contributed by atoms with E-state index in [4.69, 9.17) is 12.2 Å². The maximum Gasteiger partial charge on any atom is 0.273 e. The number of hydrogen-bond acceptors (Lipinski definition) is 6. The second-order valence-corrected chi connectivity index (χ2v) is 8.80. The number of nitrogens with zero attached hydrogens (tertiary/aromatic N) is 2. The first-order valence-corrected chi connectivity index (χ1v) is 9.46. The lowest BCUT2D eigenvalue weighted by Gasteiger charge is -2.42. The number of aryl methyl sites for hydroxylation is 1. The number of fused-ring (bicyclic) bond motifs is 3. The van der Waals surface area contributed by atoms with Crippen LogP contribution in [-0.2, 0) is 10.3 Å². The van der Waals surface area contributed by atoms with E-state index in [-0.39, 0.29) is 11.6 Å². The van der Waals surface area contributed by atoms with Crippen molar-refractivity contribution >= 4 is 50.2 Å². The molecule has 0 unspecified atom stereocenters. The minimum Gasteiger partial charge on any atom is -0.301 e. The quantitative estimate of drug-likeness (QED) is 0.307. The summed E-state index contributed by atoms with van der Waals surface area (Å²) in [5.41, 5.74) is 2.27. The number of rotatable bonds is 1. The molecule has 23 heavy (non-hydrogen) atoms. The van der Waals surface area contributed by atoms with Gasteiger partial charge < -0.3 is 4.90 Å². The van der Waals surface area contributed by atoms with E-state index in [1.807, 2.05) is 13.8 Å². The Balaban J connectivity index is 2.45. The van der Waals surface area contributed by atoms with Gasteiger partial charge in [0.1, 0.15) is 3.82 Å². The fourth-order valence-electron chi connectivity index (χ4n) is 3.12. The van der Waals surface area contributed by atoms with Crippen molar-refractivity contribution in [1.82, 2.24) is 0 Å². The minimum atomic E-state index is -0.533. The van der Waals surface area contributed by atoms with Crippen LogP contribution in [0.25, 0.3) is 11.1 Å². The molecule has 1 aromatic heterocycles. The Hall–Kier alpha value is -1.64. The maximum atomic E-state index is 12.3. The van der Waals surface area contributed by atoms with Crippen molar-refractivity contribution < 1.29 is 9.72 Å². The molecule has 0 bridgehead atoms. The van der Waals surface area contributed by atoms with E-state index in [0.717, 1.165) is 10.4 Å². The molecule has 0 saturated carbocycles. The van der Waals surface area contributed by atoms with E-state index in [1.165, 1.54) is 27.6 Å². The number of carbonyl (C=O) groups is 1. The highest BCUT2D eigenvalue weighted by molar-refractivity contribution is 7.80. The van der Waals surface area contributed by atoms with Gasteiger partial charge in [0.05, 0.1) is 21.0 Å². The van der Waals surface area contributed by atoms with Gasteiger partial charge >= 0.3 is 0 Å². The van der Waals surface area contributed by atoms with E-state index in [2.05, 4.69) is 0 Å². The molecule has 0 N–H and O–H groups in total. The van der Waals surface area contributed by atoms with Crippen molar-refractivity contribution in [1.29, 1.82) is 0 Å². The van der Waals surface area contributed by atoms with Crippen LogP contribution in [0.5, 0.6) is 0 Å². The molecule has 3 rings (SSSR count). The Kier molecular flexibility index (Phi) is 3.66. The van der Waals surface area contributed by atoms with Gasteiger partial charge in [-0.25, -0.2) is 0 Å². The SMILES string of the molecule is CC(=O)N1c2cc(C)c([N+](=O)[O-])cc2-c2c(ssc2=S)C1(C)C. The zero-order valence-corrected chi connectivity index (χ0v) is 15.4. The van der Waals surface area contributed by atoms with Gasteiger partial charge in [0, 0.05) is 29.7 Å². The Morgan fingerprint density at radius 1 is 1.35 bits per heavy atom. The predicted molar refractivity (Wildman–Crippen MR) is 96.0 cm³/mol. The summed E-state index contributed by atoms with van der Waals surface area (Å²) >= 11 is 5.45. The van der Waals surface area contributed by atoms with Gasteiger partial charge in [-0.2, -0.15) is 0 Å². The van der Waals surface area contributed by atoms with Crippen LogP contribution in [0.4, 0.5) is 11.4 Å². The molecular formula is C15H14N2O3S3. The predicted octanol–water partition coefficient (Wildman–Crippen LogP) is 5.02. The lowest BCUT2D eigenvalue weighted by Crippen LogP contribution is -2.46. The van der Waals surface area contributed by atoms with Gasteiger partial charge in [-0.15, -0.1) is 0 Å². The largest absolute Gasteiger partial charge is 0.301 e. The summed E-state index contributed by atoms with van der Waals surface area (Å²) in [5.74, 6) is -0.0977. The van der Waals surface area contributed by atoms with Crippen LogP contribution in [0.2, 0.25) is 0 Å². The highest BCUT2D eigenvalue weighted by Gasteiger charge is 2.42. The van der Waals surface area contributed by atoms with Crippen molar-refractivity contribution in [2.24, 2.45) is 0 Å².